The largest absolute Gasteiger partial charge is 0.352 e. The molecule has 1 fully saturated rings. The Labute approximate surface area is 125 Å². The Bertz CT molecular complexity index is 496. The van der Waals surface area contributed by atoms with Gasteiger partial charge in [0.05, 0.1) is 11.3 Å². The molecule has 2 amide bonds. The van der Waals surface area contributed by atoms with Crippen molar-refractivity contribution < 1.29 is 9.59 Å². The van der Waals surface area contributed by atoms with Crippen LogP contribution in [0.25, 0.3) is 0 Å². The van der Waals surface area contributed by atoms with E-state index in [1.54, 1.807) is 18.2 Å². The molecule has 1 aromatic carbocycles. The molecule has 1 heterocycles. The van der Waals surface area contributed by atoms with E-state index in [0.29, 0.717) is 30.1 Å². The zero-order valence-corrected chi connectivity index (χ0v) is 12.4. The van der Waals surface area contributed by atoms with Gasteiger partial charge in [-0.1, -0.05) is 19.1 Å². The van der Waals surface area contributed by atoms with Gasteiger partial charge in [0, 0.05) is 13.0 Å². The van der Waals surface area contributed by atoms with Crippen LogP contribution in [0.5, 0.6) is 0 Å². The van der Waals surface area contributed by atoms with Gasteiger partial charge in [-0.05, 0) is 44.0 Å². The second-order valence-electron chi connectivity index (χ2n) is 5.41. The molecule has 21 heavy (non-hydrogen) atoms. The minimum Gasteiger partial charge on any atom is -0.352 e. The summed E-state index contributed by atoms with van der Waals surface area (Å²) in [5.74, 6) is 0.223. The number of amides is 2. The maximum atomic E-state index is 12.1. The van der Waals surface area contributed by atoms with Gasteiger partial charge >= 0.3 is 0 Å². The summed E-state index contributed by atoms with van der Waals surface area (Å²) >= 11 is 0. The molecule has 0 saturated carbocycles. The van der Waals surface area contributed by atoms with Gasteiger partial charge in [-0.3, -0.25) is 9.59 Å². The van der Waals surface area contributed by atoms with Crippen LogP contribution in [0, 0.1) is 5.92 Å². The van der Waals surface area contributed by atoms with E-state index in [-0.39, 0.29) is 11.8 Å². The quantitative estimate of drug-likeness (QED) is 0.747. The Morgan fingerprint density at radius 3 is 2.86 bits per heavy atom. The second-order valence-corrected chi connectivity index (χ2v) is 5.41. The first-order valence-corrected chi connectivity index (χ1v) is 7.58. The highest BCUT2D eigenvalue weighted by atomic mass is 16.2. The lowest BCUT2D eigenvalue weighted by Gasteiger charge is -2.12. The Balaban J connectivity index is 1.98. The second kappa shape index (κ2) is 7.78. The number of rotatable bonds is 6. The van der Waals surface area contributed by atoms with Crippen LogP contribution in [0.3, 0.4) is 0 Å². The third-order valence-corrected chi connectivity index (χ3v) is 3.62. The first-order chi connectivity index (χ1) is 10.2. The fourth-order valence-corrected chi connectivity index (χ4v) is 2.48. The highest BCUT2D eigenvalue weighted by Crippen LogP contribution is 2.18. The first kappa shape index (κ1) is 15.5. The molecule has 0 radical (unpaired) electrons. The van der Waals surface area contributed by atoms with Crippen molar-refractivity contribution in [3.05, 3.63) is 29.8 Å². The van der Waals surface area contributed by atoms with E-state index in [0.717, 1.165) is 25.9 Å². The van der Waals surface area contributed by atoms with E-state index in [1.807, 2.05) is 13.0 Å². The summed E-state index contributed by atoms with van der Waals surface area (Å²) < 4.78 is 0. The molecule has 5 nitrogen and oxygen atoms in total. The maximum absolute atomic E-state index is 12.1. The molecule has 1 saturated heterocycles. The van der Waals surface area contributed by atoms with Gasteiger partial charge < -0.3 is 16.0 Å². The number of carbonyl (C=O) groups is 2. The van der Waals surface area contributed by atoms with E-state index in [9.17, 15) is 9.59 Å². The van der Waals surface area contributed by atoms with Crippen LogP contribution in [0.4, 0.5) is 5.69 Å². The average molecular weight is 289 g/mol. The van der Waals surface area contributed by atoms with Crippen LogP contribution in [-0.2, 0) is 4.79 Å². The minimum absolute atomic E-state index is 0.0283. The lowest BCUT2D eigenvalue weighted by molar-refractivity contribution is -0.116. The molecule has 0 spiro atoms. The molecular formula is C16H23N3O2. The molecule has 2 rings (SSSR count). The average Bonchev–Trinajstić information content (AvgIpc) is 2.98. The number of para-hydroxylation sites is 1. The summed E-state index contributed by atoms with van der Waals surface area (Å²) in [6, 6.07) is 7.13. The fraction of sp³-hybridized carbons (Fsp3) is 0.500. The molecule has 1 atom stereocenters. The third-order valence-electron chi connectivity index (χ3n) is 3.62. The molecule has 0 aromatic heterocycles. The molecule has 0 aliphatic carbocycles. The van der Waals surface area contributed by atoms with Crippen molar-refractivity contribution in [1.82, 2.24) is 10.6 Å². The van der Waals surface area contributed by atoms with Crippen molar-refractivity contribution in [2.24, 2.45) is 5.92 Å². The van der Waals surface area contributed by atoms with E-state index < -0.39 is 0 Å². The molecule has 1 unspecified atom stereocenters. The van der Waals surface area contributed by atoms with E-state index in [1.165, 1.54) is 0 Å². The van der Waals surface area contributed by atoms with Crippen LogP contribution in [-0.4, -0.2) is 31.4 Å². The van der Waals surface area contributed by atoms with E-state index in [2.05, 4.69) is 16.0 Å². The predicted octanol–water partition coefficient (Wildman–Crippen LogP) is 1.76. The van der Waals surface area contributed by atoms with Gasteiger partial charge in [-0.2, -0.15) is 0 Å². The van der Waals surface area contributed by atoms with Gasteiger partial charge in [0.1, 0.15) is 0 Å². The number of nitrogens with one attached hydrogen (secondary N) is 3. The lowest BCUT2D eigenvalue weighted by Crippen LogP contribution is -2.26. The van der Waals surface area contributed by atoms with Crippen LogP contribution in [0.15, 0.2) is 24.3 Å². The topological polar surface area (TPSA) is 70.2 Å². The number of benzene rings is 1. The normalized spacial score (nSPS) is 17.5. The minimum atomic E-state index is -0.143. The zero-order chi connectivity index (χ0) is 15.1. The summed E-state index contributed by atoms with van der Waals surface area (Å²) in [5, 5.41) is 8.95. The number of anilines is 1. The van der Waals surface area contributed by atoms with Crippen molar-refractivity contribution >= 4 is 17.5 Å². The zero-order valence-electron chi connectivity index (χ0n) is 12.4. The number of carbonyl (C=O) groups excluding carboxylic acids is 2. The number of hydrogen-bond acceptors (Lipinski definition) is 3. The predicted molar refractivity (Wildman–Crippen MR) is 83.3 cm³/mol. The molecule has 1 aromatic rings. The van der Waals surface area contributed by atoms with Gasteiger partial charge in [0.25, 0.3) is 5.91 Å². The first-order valence-electron chi connectivity index (χ1n) is 7.58. The number of hydrogen-bond donors (Lipinski definition) is 3. The van der Waals surface area contributed by atoms with Crippen LogP contribution in [0.1, 0.15) is 36.5 Å². The third kappa shape index (κ3) is 4.56. The summed E-state index contributed by atoms with van der Waals surface area (Å²) in [5.41, 5.74) is 1.10. The molecule has 0 bridgehead atoms. The van der Waals surface area contributed by atoms with Crippen LogP contribution < -0.4 is 16.0 Å². The molecule has 1 aliphatic rings. The molecule has 1 aliphatic heterocycles. The Hall–Kier alpha value is -1.88. The van der Waals surface area contributed by atoms with Crippen molar-refractivity contribution in [3.63, 3.8) is 0 Å². The van der Waals surface area contributed by atoms with Crippen LogP contribution >= 0.6 is 0 Å². The lowest BCUT2D eigenvalue weighted by atomic mass is 10.0. The standard InChI is InChI=1S/C16H23N3O2/c1-2-8-18-16(21)13-5-3-4-6-14(13)19-15(20)10-12-7-9-17-11-12/h3-6,12,17H,2,7-11H2,1H3,(H,18,21)(H,19,20). The Kier molecular flexibility index (Phi) is 5.75. The van der Waals surface area contributed by atoms with Gasteiger partial charge in [0.2, 0.25) is 5.91 Å². The summed E-state index contributed by atoms with van der Waals surface area (Å²) in [7, 11) is 0. The molecule has 114 valence electrons. The Morgan fingerprint density at radius 2 is 2.14 bits per heavy atom. The SMILES string of the molecule is CCCNC(=O)c1ccccc1NC(=O)CC1CCNC1. The molecule has 5 heteroatoms. The Morgan fingerprint density at radius 1 is 1.33 bits per heavy atom. The maximum Gasteiger partial charge on any atom is 0.253 e. The summed E-state index contributed by atoms with van der Waals surface area (Å²) in [6.07, 6.45) is 2.42. The molecule has 3 N–H and O–H groups in total. The van der Waals surface area contributed by atoms with E-state index in [4.69, 9.17) is 0 Å². The van der Waals surface area contributed by atoms with E-state index >= 15 is 0 Å². The van der Waals surface area contributed by atoms with Gasteiger partial charge in [-0.15, -0.1) is 0 Å². The highest BCUT2D eigenvalue weighted by Gasteiger charge is 2.19. The van der Waals surface area contributed by atoms with Crippen LogP contribution in [0.2, 0.25) is 0 Å². The molecular weight excluding hydrogens is 266 g/mol. The summed E-state index contributed by atoms with van der Waals surface area (Å²) in [4.78, 5) is 24.2. The smallest absolute Gasteiger partial charge is 0.253 e. The van der Waals surface area contributed by atoms with Crippen molar-refractivity contribution in [3.8, 4) is 0 Å². The highest BCUT2D eigenvalue weighted by molar-refractivity contribution is 6.03. The van der Waals surface area contributed by atoms with Crippen molar-refractivity contribution in [2.45, 2.75) is 26.2 Å². The van der Waals surface area contributed by atoms with Crippen molar-refractivity contribution in [2.75, 3.05) is 25.0 Å². The van der Waals surface area contributed by atoms with Crippen molar-refractivity contribution in [1.29, 1.82) is 0 Å². The van der Waals surface area contributed by atoms with Gasteiger partial charge in [0.15, 0.2) is 0 Å². The monoisotopic (exact) mass is 289 g/mol. The summed E-state index contributed by atoms with van der Waals surface area (Å²) in [6.45, 7) is 4.51. The van der Waals surface area contributed by atoms with Gasteiger partial charge in [-0.25, -0.2) is 0 Å². The fourth-order valence-electron chi connectivity index (χ4n) is 2.48.